The summed E-state index contributed by atoms with van der Waals surface area (Å²) < 4.78 is 12.6. The standard InChI is InChI=1S/C8H8BrClFNO.ClH/c9-6-2-4(10)1-5(8(6)13)7(12)3-11;/h1-2,7,13H,3,12H2;1H/t7-;/m1./s1. The lowest BCUT2D eigenvalue weighted by atomic mass is 10.1. The van der Waals surface area contributed by atoms with Crippen LogP contribution >= 0.6 is 39.9 Å². The van der Waals surface area contributed by atoms with Gasteiger partial charge in [0.05, 0.1) is 10.5 Å². The van der Waals surface area contributed by atoms with Crippen LogP contribution < -0.4 is 5.73 Å². The molecule has 0 amide bonds. The smallest absolute Gasteiger partial charge is 0.134 e. The van der Waals surface area contributed by atoms with Crippen LogP contribution in [-0.4, -0.2) is 11.8 Å². The third-order valence-electron chi connectivity index (χ3n) is 1.62. The third-order valence-corrected chi connectivity index (χ3v) is 2.45. The Kier molecular flexibility index (Phi) is 5.74. The van der Waals surface area contributed by atoms with E-state index in [0.29, 0.717) is 15.1 Å². The summed E-state index contributed by atoms with van der Waals surface area (Å²) in [5.74, 6) is -0.0606. The van der Waals surface area contributed by atoms with E-state index in [2.05, 4.69) is 15.9 Å². The van der Waals surface area contributed by atoms with Gasteiger partial charge in [0.1, 0.15) is 12.4 Å². The lowest BCUT2D eigenvalue weighted by molar-refractivity contribution is 0.413. The number of nitrogens with two attached hydrogens (primary N) is 1. The van der Waals surface area contributed by atoms with Gasteiger partial charge >= 0.3 is 0 Å². The van der Waals surface area contributed by atoms with E-state index in [-0.39, 0.29) is 18.2 Å². The van der Waals surface area contributed by atoms with E-state index >= 15 is 0 Å². The van der Waals surface area contributed by atoms with E-state index in [1.165, 1.54) is 12.1 Å². The summed E-state index contributed by atoms with van der Waals surface area (Å²) in [5, 5.41) is 9.88. The Hall–Kier alpha value is -0.0300. The molecule has 0 fully saturated rings. The Morgan fingerprint density at radius 1 is 1.57 bits per heavy atom. The molecule has 3 N–H and O–H groups in total. The molecule has 0 heterocycles. The lowest BCUT2D eigenvalue weighted by Gasteiger charge is -2.11. The Balaban J connectivity index is 0.00000169. The van der Waals surface area contributed by atoms with Crippen molar-refractivity contribution in [1.29, 1.82) is 0 Å². The fraction of sp³-hybridized carbons (Fsp3) is 0.250. The molecule has 0 unspecified atom stereocenters. The summed E-state index contributed by atoms with van der Waals surface area (Å²) in [6.45, 7) is -0.736. The second kappa shape index (κ2) is 5.75. The van der Waals surface area contributed by atoms with Crippen molar-refractivity contribution in [2.24, 2.45) is 5.73 Å². The summed E-state index contributed by atoms with van der Waals surface area (Å²) in [7, 11) is 0. The summed E-state index contributed by atoms with van der Waals surface area (Å²) in [6, 6.07) is 2.13. The molecule has 0 bridgehead atoms. The van der Waals surface area contributed by atoms with Crippen molar-refractivity contribution in [2.75, 3.05) is 6.67 Å². The molecule has 0 aliphatic rings. The highest BCUT2D eigenvalue weighted by Gasteiger charge is 2.13. The average molecular weight is 305 g/mol. The molecule has 0 aliphatic heterocycles. The maximum atomic E-state index is 12.2. The van der Waals surface area contributed by atoms with Crippen molar-refractivity contribution in [3.63, 3.8) is 0 Å². The van der Waals surface area contributed by atoms with Crippen LogP contribution in [0.2, 0.25) is 5.02 Å². The molecule has 2 nitrogen and oxygen atoms in total. The van der Waals surface area contributed by atoms with E-state index in [0.717, 1.165) is 0 Å². The van der Waals surface area contributed by atoms with Gasteiger partial charge in [0.2, 0.25) is 0 Å². The minimum absolute atomic E-state index is 0. The molecule has 1 atom stereocenters. The highest BCUT2D eigenvalue weighted by Crippen LogP contribution is 2.34. The Morgan fingerprint density at radius 2 is 2.14 bits per heavy atom. The first-order chi connectivity index (χ1) is 6.06. The number of benzene rings is 1. The second-order valence-corrected chi connectivity index (χ2v) is 3.88. The van der Waals surface area contributed by atoms with E-state index in [1.54, 1.807) is 0 Å². The number of hydrogen-bond donors (Lipinski definition) is 2. The van der Waals surface area contributed by atoms with E-state index < -0.39 is 12.7 Å². The molecule has 0 saturated carbocycles. The van der Waals surface area contributed by atoms with Crippen molar-refractivity contribution < 1.29 is 9.50 Å². The topological polar surface area (TPSA) is 46.2 Å². The van der Waals surface area contributed by atoms with Gasteiger partial charge in [-0.15, -0.1) is 12.4 Å². The van der Waals surface area contributed by atoms with Crippen LogP contribution in [0.1, 0.15) is 11.6 Å². The normalized spacial score (nSPS) is 12.0. The maximum absolute atomic E-state index is 12.2. The number of phenols is 1. The van der Waals surface area contributed by atoms with Gasteiger partial charge in [0.25, 0.3) is 0 Å². The molecule has 0 saturated heterocycles. The van der Waals surface area contributed by atoms with E-state index in [1.807, 2.05) is 0 Å². The monoisotopic (exact) mass is 303 g/mol. The number of aromatic hydroxyl groups is 1. The number of alkyl halides is 1. The second-order valence-electron chi connectivity index (χ2n) is 2.59. The Labute approximate surface area is 101 Å². The fourth-order valence-electron chi connectivity index (χ4n) is 0.952. The highest BCUT2D eigenvalue weighted by atomic mass is 79.9. The van der Waals surface area contributed by atoms with Gasteiger partial charge in [-0.2, -0.15) is 0 Å². The predicted molar refractivity (Wildman–Crippen MR) is 61.0 cm³/mol. The fourth-order valence-corrected chi connectivity index (χ4v) is 1.79. The van der Waals surface area contributed by atoms with Gasteiger partial charge < -0.3 is 10.8 Å². The first-order valence-electron chi connectivity index (χ1n) is 3.55. The molecule has 80 valence electrons. The lowest BCUT2D eigenvalue weighted by Crippen LogP contribution is -2.12. The van der Waals surface area contributed by atoms with Crippen LogP contribution in [0.3, 0.4) is 0 Å². The quantitative estimate of drug-likeness (QED) is 0.881. The van der Waals surface area contributed by atoms with Gasteiger partial charge in [0, 0.05) is 10.6 Å². The van der Waals surface area contributed by atoms with Gasteiger partial charge in [-0.05, 0) is 28.1 Å². The summed E-state index contributed by atoms with van der Waals surface area (Å²) in [6.07, 6.45) is 0. The van der Waals surface area contributed by atoms with Crippen LogP contribution in [0.25, 0.3) is 0 Å². The van der Waals surface area contributed by atoms with Gasteiger partial charge in [0.15, 0.2) is 0 Å². The molecule has 0 aliphatic carbocycles. The van der Waals surface area contributed by atoms with Crippen LogP contribution in [0.4, 0.5) is 4.39 Å². The number of hydrogen-bond acceptors (Lipinski definition) is 2. The minimum atomic E-state index is -0.838. The molecular weight excluding hydrogens is 296 g/mol. The van der Waals surface area contributed by atoms with Crippen molar-refractivity contribution in [2.45, 2.75) is 6.04 Å². The van der Waals surface area contributed by atoms with Crippen LogP contribution in [-0.2, 0) is 0 Å². The number of rotatable bonds is 2. The van der Waals surface area contributed by atoms with Gasteiger partial charge in [-0.25, -0.2) is 4.39 Å². The SMILES string of the molecule is Cl.N[C@H](CF)c1cc(Cl)cc(Br)c1O. The maximum Gasteiger partial charge on any atom is 0.134 e. The highest BCUT2D eigenvalue weighted by molar-refractivity contribution is 9.10. The van der Waals surface area contributed by atoms with Crippen LogP contribution in [0.5, 0.6) is 5.75 Å². The molecule has 6 heteroatoms. The number of phenolic OH excluding ortho intramolecular Hbond substituents is 1. The molecule has 0 aromatic heterocycles. The Morgan fingerprint density at radius 3 is 2.64 bits per heavy atom. The zero-order valence-electron chi connectivity index (χ0n) is 7.01. The van der Waals surface area contributed by atoms with Crippen molar-refractivity contribution in [3.8, 4) is 5.75 Å². The summed E-state index contributed by atoms with van der Waals surface area (Å²) >= 11 is 8.79. The molecule has 0 spiro atoms. The van der Waals surface area contributed by atoms with Crippen LogP contribution in [0, 0.1) is 0 Å². The first kappa shape index (κ1) is 14.0. The molecule has 1 rings (SSSR count). The molecule has 1 aromatic rings. The summed E-state index contributed by atoms with van der Waals surface area (Å²) in [4.78, 5) is 0. The molecule has 1 aromatic carbocycles. The molecule has 14 heavy (non-hydrogen) atoms. The van der Waals surface area contributed by atoms with Crippen molar-refractivity contribution in [3.05, 3.63) is 27.2 Å². The largest absolute Gasteiger partial charge is 0.506 e. The van der Waals surface area contributed by atoms with Gasteiger partial charge in [-0.3, -0.25) is 0 Å². The Bertz CT molecular complexity index is 324. The molecular formula is C8H9BrCl2FNO. The van der Waals surface area contributed by atoms with Crippen molar-refractivity contribution in [1.82, 2.24) is 0 Å². The third kappa shape index (κ3) is 2.98. The average Bonchev–Trinajstić information content (AvgIpc) is 2.10. The van der Waals surface area contributed by atoms with Crippen LogP contribution in [0.15, 0.2) is 16.6 Å². The zero-order valence-corrected chi connectivity index (χ0v) is 10.2. The first-order valence-corrected chi connectivity index (χ1v) is 4.72. The van der Waals surface area contributed by atoms with Crippen molar-refractivity contribution >= 4 is 39.9 Å². The summed E-state index contributed by atoms with van der Waals surface area (Å²) in [5.41, 5.74) is 5.73. The number of halogens is 4. The molecule has 0 radical (unpaired) electrons. The zero-order chi connectivity index (χ0) is 10.0. The predicted octanol–water partition coefficient (Wildman–Crippen LogP) is 3.20. The van der Waals surface area contributed by atoms with Gasteiger partial charge in [-0.1, -0.05) is 11.6 Å². The minimum Gasteiger partial charge on any atom is -0.506 e. The van der Waals surface area contributed by atoms with E-state index in [9.17, 15) is 9.50 Å². The van der Waals surface area contributed by atoms with E-state index in [4.69, 9.17) is 17.3 Å².